The monoisotopic (exact) mass is 490 g/mol. The highest BCUT2D eigenvalue weighted by Gasteiger charge is 2.64. The molecule has 0 saturated heterocycles. The van der Waals surface area contributed by atoms with E-state index in [-0.39, 0.29) is 16.2 Å². The topological polar surface area (TPSA) is 116 Å². The van der Waals surface area contributed by atoms with E-state index in [0.717, 1.165) is 11.3 Å². The molecule has 2 N–H and O–H groups in total. The van der Waals surface area contributed by atoms with E-state index < -0.39 is 33.1 Å². The molecule has 3 rings (SSSR count). The van der Waals surface area contributed by atoms with Crippen LogP contribution in [0.1, 0.15) is 15.2 Å². The molecule has 0 radical (unpaired) electrons. The van der Waals surface area contributed by atoms with Gasteiger partial charge in [0.25, 0.3) is 11.6 Å². The maximum Gasteiger partial charge on any atom is 0.360 e. The average Bonchev–Trinajstić information content (AvgIpc) is 3.33. The van der Waals surface area contributed by atoms with Gasteiger partial charge in [-0.25, -0.2) is 4.79 Å². The largest absolute Gasteiger partial charge is 0.497 e. The minimum Gasteiger partial charge on any atom is -0.497 e. The number of rotatable bonds is 5. The first-order chi connectivity index (χ1) is 14.0. The summed E-state index contributed by atoms with van der Waals surface area (Å²) < 4.78 is 2.49. The molecule has 0 bridgehead atoms. The van der Waals surface area contributed by atoms with Crippen LogP contribution >= 0.6 is 46.1 Å². The smallest absolute Gasteiger partial charge is 0.360 e. The number of amides is 1. The molecule has 1 aliphatic heterocycles. The van der Waals surface area contributed by atoms with E-state index >= 15 is 0 Å². The van der Waals surface area contributed by atoms with Crippen molar-refractivity contribution in [1.82, 2.24) is 5.01 Å². The number of carbonyl (C=O) groups excluding carboxylic acids is 2. The van der Waals surface area contributed by atoms with Gasteiger partial charge < -0.3 is 14.9 Å². The van der Waals surface area contributed by atoms with E-state index in [1.165, 1.54) is 37.4 Å². The number of carbonyl (C=O) groups is 3. The van der Waals surface area contributed by atoms with Gasteiger partial charge in [-0.05, 0) is 41.3 Å². The number of halogens is 3. The van der Waals surface area contributed by atoms with Gasteiger partial charge >= 0.3 is 5.97 Å². The molecule has 0 saturated carbocycles. The standard InChI is InChI=1S/C18H13Cl3N2O6S/c1-29-10-6-4-9(5-7-10)13-12(14(24)18(19,20)21)17(28,16(26)27)23(22-13)15(25)11-3-2-8-30-11/h2-8,12,28H,1H3,(H,26,27). The molecule has 2 unspecified atom stereocenters. The van der Waals surface area contributed by atoms with Gasteiger partial charge in [0.2, 0.25) is 3.79 Å². The maximum absolute atomic E-state index is 12.9. The third-order valence-electron chi connectivity index (χ3n) is 4.37. The van der Waals surface area contributed by atoms with Crippen LogP contribution in [0.25, 0.3) is 0 Å². The first-order valence-corrected chi connectivity index (χ1v) is 10.2. The summed E-state index contributed by atoms with van der Waals surface area (Å²) in [4.78, 5) is 38.0. The van der Waals surface area contributed by atoms with Crippen molar-refractivity contribution in [2.75, 3.05) is 7.11 Å². The number of hydrogen-bond acceptors (Lipinski definition) is 7. The zero-order valence-corrected chi connectivity index (χ0v) is 18.2. The fourth-order valence-electron chi connectivity index (χ4n) is 2.93. The zero-order chi connectivity index (χ0) is 22.3. The van der Waals surface area contributed by atoms with Gasteiger partial charge in [0, 0.05) is 0 Å². The van der Waals surface area contributed by atoms with Crippen molar-refractivity contribution in [2.24, 2.45) is 11.0 Å². The number of ether oxygens (including phenoxy) is 1. The second kappa shape index (κ2) is 8.16. The van der Waals surface area contributed by atoms with Crippen molar-refractivity contribution in [3.8, 4) is 5.75 Å². The van der Waals surface area contributed by atoms with Crippen molar-refractivity contribution in [3.05, 3.63) is 52.2 Å². The number of ketones is 1. The van der Waals surface area contributed by atoms with Crippen molar-refractivity contribution in [3.63, 3.8) is 0 Å². The molecule has 2 aromatic rings. The lowest BCUT2D eigenvalue weighted by atomic mass is 9.85. The summed E-state index contributed by atoms with van der Waals surface area (Å²) in [7, 11) is 1.45. The predicted octanol–water partition coefficient (Wildman–Crippen LogP) is 2.95. The number of carboxylic acid groups (broad SMARTS) is 1. The highest BCUT2D eigenvalue weighted by Crippen LogP contribution is 2.42. The van der Waals surface area contributed by atoms with E-state index in [1.807, 2.05) is 0 Å². The zero-order valence-electron chi connectivity index (χ0n) is 15.1. The number of alkyl halides is 3. The first-order valence-electron chi connectivity index (χ1n) is 8.19. The Kier molecular flexibility index (Phi) is 6.13. The summed E-state index contributed by atoms with van der Waals surface area (Å²) >= 11 is 18.2. The minimum atomic E-state index is -3.11. The number of thiophene rings is 1. The molecule has 2 heterocycles. The molecule has 1 aromatic carbocycles. The second-order valence-corrected chi connectivity index (χ2v) is 9.36. The van der Waals surface area contributed by atoms with Crippen molar-refractivity contribution >= 4 is 69.5 Å². The number of Topliss-reactive ketones (excluding diaryl/α,β-unsaturated/α-hetero) is 1. The Hall–Kier alpha value is -2.17. The van der Waals surface area contributed by atoms with Crippen LogP contribution in [0.15, 0.2) is 46.9 Å². The van der Waals surface area contributed by atoms with Gasteiger partial charge in [0.1, 0.15) is 11.7 Å². The summed E-state index contributed by atoms with van der Waals surface area (Å²) in [6, 6.07) is 8.97. The van der Waals surface area contributed by atoms with E-state index in [0.29, 0.717) is 10.8 Å². The third-order valence-corrected chi connectivity index (χ3v) is 5.79. The molecule has 0 spiro atoms. The van der Waals surface area contributed by atoms with Crippen LogP contribution in [0.3, 0.4) is 0 Å². The van der Waals surface area contributed by atoms with Gasteiger partial charge in [-0.3, -0.25) is 9.59 Å². The molecular formula is C18H13Cl3N2O6S. The Bertz CT molecular complexity index is 1020. The molecule has 1 aliphatic rings. The highest BCUT2D eigenvalue weighted by molar-refractivity contribution is 7.12. The van der Waals surface area contributed by atoms with Gasteiger partial charge in [-0.2, -0.15) is 10.1 Å². The number of carboxylic acids is 1. The Morgan fingerprint density at radius 2 is 1.83 bits per heavy atom. The second-order valence-electron chi connectivity index (χ2n) is 6.13. The number of aliphatic carboxylic acids is 1. The molecule has 8 nitrogen and oxygen atoms in total. The van der Waals surface area contributed by atoms with Crippen LogP contribution < -0.4 is 4.74 Å². The minimum absolute atomic E-state index is 0.0921. The van der Waals surface area contributed by atoms with Crippen molar-refractivity contribution in [1.29, 1.82) is 0 Å². The van der Waals surface area contributed by atoms with Gasteiger partial charge in [-0.15, -0.1) is 11.3 Å². The number of methoxy groups -OCH3 is 1. The van der Waals surface area contributed by atoms with Crippen LogP contribution in [0.2, 0.25) is 0 Å². The third kappa shape index (κ3) is 3.79. The lowest BCUT2D eigenvalue weighted by molar-refractivity contribution is -0.181. The number of hydrazone groups is 1. The van der Waals surface area contributed by atoms with E-state index in [2.05, 4.69) is 5.10 Å². The fraction of sp³-hybridized carbons (Fsp3) is 0.222. The average molecular weight is 492 g/mol. The van der Waals surface area contributed by atoms with Crippen LogP contribution in [0.5, 0.6) is 5.75 Å². The molecule has 12 heteroatoms. The molecule has 158 valence electrons. The number of nitrogens with zero attached hydrogens (tertiary/aromatic N) is 2. The summed E-state index contributed by atoms with van der Waals surface area (Å²) in [6.45, 7) is 0. The predicted molar refractivity (Wildman–Crippen MR) is 111 cm³/mol. The molecule has 0 fully saturated rings. The van der Waals surface area contributed by atoms with Crippen LogP contribution in [0.4, 0.5) is 0 Å². The molecule has 1 amide bonds. The Morgan fingerprint density at radius 1 is 1.20 bits per heavy atom. The van der Waals surface area contributed by atoms with Crippen LogP contribution in [-0.2, 0) is 9.59 Å². The van der Waals surface area contributed by atoms with Gasteiger partial charge in [0.15, 0.2) is 5.78 Å². The highest BCUT2D eigenvalue weighted by atomic mass is 35.6. The maximum atomic E-state index is 12.9. The summed E-state index contributed by atoms with van der Waals surface area (Å²) in [5.74, 6) is -5.59. The number of hydrogen-bond donors (Lipinski definition) is 2. The molecular weight excluding hydrogens is 479 g/mol. The quantitative estimate of drug-likeness (QED) is 0.621. The lowest BCUT2D eigenvalue weighted by Gasteiger charge is -2.32. The molecule has 1 aromatic heterocycles. The molecule has 30 heavy (non-hydrogen) atoms. The van der Waals surface area contributed by atoms with E-state index in [1.54, 1.807) is 11.4 Å². The van der Waals surface area contributed by atoms with Gasteiger partial charge in [-0.1, -0.05) is 40.9 Å². The summed E-state index contributed by atoms with van der Waals surface area (Å²) in [5, 5.41) is 26.8. The first kappa shape index (κ1) is 22.5. The van der Waals surface area contributed by atoms with Gasteiger partial charge in [0.05, 0.1) is 17.7 Å². The van der Waals surface area contributed by atoms with E-state index in [9.17, 15) is 24.6 Å². The summed E-state index contributed by atoms with van der Waals surface area (Å²) in [5.41, 5.74) is -3.13. The summed E-state index contributed by atoms with van der Waals surface area (Å²) in [6.07, 6.45) is 0. The van der Waals surface area contributed by atoms with Crippen LogP contribution in [0, 0.1) is 5.92 Å². The Labute approximate surface area is 189 Å². The Morgan fingerprint density at radius 3 is 2.30 bits per heavy atom. The molecule has 2 atom stereocenters. The van der Waals surface area contributed by atoms with E-state index in [4.69, 9.17) is 39.5 Å². The molecule has 0 aliphatic carbocycles. The fourth-order valence-corrected chi connectivity index (χ4v) is 3.91. The van der Waals surface area contributed by atoms with Crippen molar-refractivity contribution < 1.29 is 29.3 Å². The SMILES string of the molecule is COc1ccc(C2=NN(C(=O)c3cccs3)C(O)(C(=O)O)C2C(=O)C(Cl)(Cl)Cl)cc1. The normalized spacial score (nSPS) is 21.3. The number of aliphatic hydroxyl groups is 1. The number of benzene rings is 1. The van der Waals surface area contributed by atoms with Crippen LogP contribution in [-0.4, -0.2) is 55.2 Å². The lowest BCUT2D eigenvalue weighted by Crippen LogP contribution is -2.60. The Balaban J connectivity index is 2.21. The van der Waals surface area contributed by atoms with Crippen molar-refractivity contribution in [2.45, 2.75) is 9.52 Å².